The first-order valence-electron chi connectivity index (χ1n) is 7.81. The lowest BCUT2D eigenvalue weighted by Crippen LogP contribution is -2.04. The van der Waals surface area contributed by atoms with Gasteiger partial charge in [-0.2, -0.15) is 4.98 Å². The molecule has 3 heterocycles. The molecule has 0 aliphatic rings. The number of benzene rings is 1. The van der Waals surface area contributed by atoms with Crippen LogP contribution < -0.4 is 0 Å². The van der Waals surface area contributed by atoms with Gasteiger partial charge in [-0.3, -0.25) is 0 Å². The smallest absolute Gasteiger partial charge is 0.214 e. The van der Waals surface area contributed by atoms with E-state index in [2.05, 4.69) is 19.9 Å². The van der Waals surface area contributed by atoms with Gasteiger partial charge in [-0.05, 0) is 30.2 Å². The van der Waals surface area contributed by atoms with Gasteiger partial charge in [0.15, 0.2) is 11.5 Å². The highest BCUT2D eigenvalue weighted by molar-refractivity contribution is 5.55. The van der Waals surface area contributed by atoms with Gasteiger partial charge in [-0.25, -0.2) is 23.7 Å². The lowest BCUT2D eigenvalue weighted by Gasteiger charge is -2.09. The summed E-state index contributed by atoms with van der Waals surface area (Å²) in [7, 11) is 0. The molecule has 1 N–H and O–H groups in total. The highest BCUT2D eigenvalue weighted by Crippen LogP contribution is 2.22. The Balaban J connectivity index is 1.84. The van der Waals surface area contributed by atoms with E-state index in [-0.39, 0.29) is 29.3 Å². The average molecular weight is 353 g/mol. The minimum absolute atomic E-state index is 0.0518. The standard InChI is InChI=1S/C18H13F2N5O/c1-10-6-13(20)11(7-12(10)19)8-14-18-22-4-5-25(18)9-15(23-14)17-21-3-2-16(26)24-17/h2-7,9H,8H2,1H3,(H,21,24,26). The van der Waals surface area contributed by atoms with Crippen LogP contribution in [0.4, 0.5) is 8.78 Å². The summed E-state index contributed by atoms with van der Waals surface area (Å²) in [4.78, 5) is 16.7. The maximum atomic E-state index is 14.2. The molecule has 0 aliphatic carbocycles. The lowest BCUT2D eigenvalue weighted by atomic mass is 10.1. The SMILES string of the molecule is Cc1cc(F)c(Cc2nc(-c3nccc(O)n3)cn3ccnc23)cc1F. The van der Waals surface area contributed by atoms with Crippen LogP contribution in [-0.2, 0) is 6.42 Å². The van der Waals surface area contributed by atoms with Gasteiger partial charge in [0, 0.05) is 37.3 Å². The van der Waals surface area contributed by atoms with Gasteiger partial charge in [-0.15, -0.1) is 0 Å². The molecule has 0 amide bonds. The predicted molar refractivity (Wildman–Crippen MR) is 89.6 cm³/mol. The van der Waals surface area contributed by atoms with E-state index in [1.807, 2.05) is 0 Å². The van der Waals surface area contributed by atoms with Gasteiger partial charge in [0.2, 0.25) is 5.88 Å². The van der Waals surface area contributed by atoms with Crippen molar-refractivity contribution in [2.75, 3.05) is 0 Å². The van der Waals surface area contributed by atoms with E-state index in [0.717, 1.165) is 6.07 Å². The third-order valence-electron chi connectivity index (χ3n) is 4.00. The zero-order valence-electron chi connectivity index (χ0n) is 13.7. The van der Waals surface area contributed by atoms with Crippen LogP contribution in [0.2, 0.25) is 0 Å². The molecular weight excluding hydrogens is 340 g/mol. The first-order chi connectivity index (χ1) is 12.5. The molecule has 1 aromatic carbocycles. The maximum absolute atomic E-state index is 14.2. The predicted octanol–water partition coefficient (Wildman–Crippen LogP) is 3.07. The van der Waals surface area contributed by atoms with Crippen LogP contribution in [0.25, 0.3) is 17.2 Å². The number of aromatic nitrogens is 5. The second kappa shape index (κ2) is 6.14. The van der Waals surface area contributed by atoms with Crippen molar-refractivity contribution in [3.63, 3.8) is 0 Å². The molecule has 3 aromatic heterocycles. The van der Waals surface area contributed by atoms with E-state index in [9.17, 15) is 13.9 Å². The van der Waals surface area contributed by atoms with E-state index < -0.39 is 11.6 Å². The molecule has 0 saturated carbocycles. The number of hydrogen-bond acceptors (Lipinski definition) is 5. The molecule has 0 spiro atoms. The minimum atomic E-state index is -0.505. The Kier molecular flexibility index (Phi) is 3.80. The molecule has 130 valence electrons. The molecule has 26 heavy (non-hydrogen) atoms. The minimum Gasteiger partial charge on any atom is -0.493 e. The van der Waals surface area contributed by atoms with Gasteiger partial charge in [0.05, 0.1) is 5.69 Å². The molecular formula is C18H13F2N5O. The van der Waals surface area contributed by atoms with Crippen molar-refractivity contribution in [1.29, 1.82) is 0 Å². The number of halogens is 2. The topological polar surface area (TPSA) is 76.2 Å². The number of fused-ring (bicyclic) bond motifs is 1. The van der Waals surface area contributed by atoms with E-state index in [1.54, 1.807) is 23.0 Å². The number of imidazole rings is 1. The molecule has 4 rings (SSSR count). The summed E-state index contributed by atoms with van der Waals surface area (Å²) >= 11 is 0. The monoisotopic (exact) mass is 353 g/mol. The first kappa shape index (κ1) is 16.1. The highest BCUT2D eigenvalue weighted by atomic mass is 19.1. The van der Waals surface area contributed by atoms with Crippen molar-refractivity contribution < 1.29 is 13.9 Å². The third-order valence-corrected chi connectivity index (χ3v) is 4.00. The number of aromatic hydroxyl groups is 1. The van der Waals surface area contributed by atoms with Crippen LogP contribution in [0.1, 0.15) is 16.8 Å². The van der Waals surface area contributed by atoms with E-state index in [1.165, 1.54) is 25.3 Å². The Hall–Kier alpha value is -3.42. The number of rotatable bonds is 3. The van der Waals surface area contributed by atoms with E-state index in [0.29, 0.717) is 17.0 Å². The van der Waals surface area contributed by atoms with Crippen molar-refractivity contribution in [2.45, 2.75) is 13.3 Å². The quantitative estimate of drug-likeness (QED) is 0.613. The number of aryl methyl sites for hydroxylation is 1. The second-order valence-corrected chi connectivity index (χ2v) is 5.84. The summed E-state index contributed by atoms with van der Waals surface area (Å²) in [5.41, 5.74) is 1.77. The Bertz CT molecular complexity index is 1130. The van der Waals surface area contributed by atoms with Crippen LogP contribution >= 0.6 is 0 Å². The zero-order valence-corrected chi connectivity index (χ0v) is 13.7. The average Bonchev–Trinajstić information content (AvgIpc) is 3.08. The Morgan fingerprint density at radius 1 is 1.08 bits per heavy atom. The lowest BCUT2D eigenvalue weighted by molar-refractivity contribution is 0.452. The van der Waals surface area contributed by atoms with Gasteiger partial charge in [0.1, 0.15) is 17.3 Å². The largest absolute Gasteiger partial charge is 0.493 e. The molecule has 0 bridgehead atoms. The normalized spacial score (nSPS) is 11.2. The molecule has 0 aliphatic heterocycles. The summed E-state index contributed by atoms with van der Waals surface area (Å²) in [6.45, 7) is 1.51. The van der Waals surface area contributed by atoms with Crippen LogP contribution in [0.3, 0.4) is 0 Å². The third kappa shape index (κ3) is 2.85. The second-order valence-electron chi connectivity index (χ2n) is 5.84. The summed E-state index contributed by atoms with van der Waals surface area (Å²) < 4.78 is 29.8. The van der Waals surface area contributed by atoms with Gasteiger partial charge >= 0.3 is 0 Å². The molecule has 0 atom stereocenters. The van der Waals surface area contributed by atoms with E-state index in [4.69, 9.17) is 0 Å². The van der Waals surface area contributed by atoms with Crippen molar-refractivity contribution in [2.24, 2.45) is 0 Å². The van der Waals surface area contributed by atoms with Crippen molar-refractivity contribution in [3.05, 3.63) is 71.4 Å². The molecule has 4 aromatic rings. The number of nitrogens with zero attached hydrogens (tertiary/aromatic N) is 5. The Morgan fingerprint density at radius 2 is 1.92 bits per heavy atom. The van der Waals surface area contributed by atoms with Gasteiger partial charge in [0.25, 0.3) is 0 Å². The molecule has 6 nitrogen and oxygen atoms in total. The summed E-state index contributed by atoms with van der Waals surface area (Å²) in [6, 6.07) is 3.68. The van der Waals surface area contributed by atoms with Gasteiger partial charge in [-0.1, -0.05) is 0 Å². The summed E-state index contributed by atoms with van der Waals surface area (Å²) in [5, 5.41) is 9.56. The van der Waals surface area contributed by atoms with E-state index >= 15 is 0 Å². The number of hydrogen-bond donors (Lipinski definition) is 1. The van der Waals surface area contributed by atoms with Crippen molar-refractivity contribution >= 4 is 5.65 Å². The fourth-order valence-electron chi connectivity index (χ4n) is 2.70. The van der Waals surface area contributed by atoms with Crippen LogP contribution in [0, 0.1) is 18.6 Å². The fourth-order valence-corrected chi connectivity index (χ4v) is 2.70. The first-order valence-corrected chi connectivity index (χ1v) is 7.81. The van der Waals surface area contributed by atoms with Crippen molar-refractivity contribution in [1.82, 2.24) is 24.3 Å². The van der Waals surface area contributed by atoms with Crippen LogP contribution in [-0.4, -0.2) is 29.4 Å². The van der Waals surface area contributed by atoms with Crippen molar-refractivity contribution in [3.8, 4) is 17.4 Å². The summed E-state index contributed by atoms with van der Waals surface area (Å²) in [6.07, 6.45) is 6.41. The Labute approximate surface area is 146 Å². The molecule has 0 fully saturated rings. The molecule has 8 heteroatoms. The molecule has 0 unspecified atom stereocenters. The highest BCUT2D eigenvalue weighted by Gasteiger charge is 2.15. The molecule has 0 saturated heterocycles. The zero-order chi connectivity index (χ0) is 18.3. The van der Waals surface area contributed by atoms with Crippen LogP contribution in [0.5, 0.6) is 5.88 Å². The summed E-state index contributed by atoms with van der Waals surface area (Å²) in [5.74, 6) is -0.948. The van der Waals surface area contributed by atoms with Crippen LogP contribution in [0.15, 0.2) is 43.0 Å². The fraction of sp³-hybridized carbons (Fsp3) is 0.111. The Morgan fingerprint density at radius 3 is 2.73 bits per heavy atom. The maximum Gasteiger partial charge on any atom is 0.214 e. The molecule has 0 radical (unpaired) electrons. The van der Waals surface area contributed by atoms with Gasteiger partial charge < -0.3 is 9.51 Å².